The predicted molar refractivity (Wildman–Crippen MR) is 80.8 cm³/mol. The number of hydrogen-bond donors (Lipinski definition) is 4. The molecule has 1 saturated heterocycles. The van der Waals surface area contributed by atoms with Crippen molar-refractivity contribution in [2.45, 2.75) is 31.5 Å². The van der Waals surface area contributed by atoms with Crippen molar-refractivity contribution in [1.29, 1.82) is 5.26 Å². The van der Waals surface area contributed by atoms with Crippen LogP contribution >= 0.6 is 0 Å². The summed E-state index contributed by atoms with van der Waals surface area (Å²) in [6, 6.07) is 2.00. The summed E-state index contributed by atoms with van der Waals surface area (Å²) >= 11 is 0. The van der Waals surface area contributed by atoms with Crippen LogP contribution in [0.4, 0.5) is 5.82 Å². The number of aliphatic hydroxyl groups is 3. The zero-order chi connectivity index (χ0) is 17.4. The number of ether oxygens (including phenoxy) is 2. The Morgan fingerprint density at radius 3 is 2.75 bits per heavy atom. The topological polar surface area (TPSA) is 160 Å². The number of nitrogens with two attached hydrogens (primary N) is 1. The van der Waals surface area contributed by atoms with Crippen LogP contribution in [0, 0.1) is 11.3 Å². The van der Waals surface area contributed by atoms with Gasteiger partial charge in [-0.2, -0.15) is 5.26 Å². The summed E-state index contributed by atoms with van der Waals surface area (Å²) in [5, 5.41) is 39.3. The second-order valence-corrected chi connectivity index (χ2v) is 5.28. The Kier molecular flexibility index (Phi) is 4.25. The number of nitriles is 1. The third-order valence-electron chi connectivity index (χ3n) is 3.93. The van der Waals surface area contributed by atoms with Crippen LogP contribution in [-0.4, -0.2) is 61.4 Å². The molecule has 2 aromatic heterocycles. The number of hydrogen-bond acceptors (Lipinski definition) is 9. The van der Waals surface area contributed by atoms with E-state index in [1.165, 1.54) is 10.9 Å². The number of aliphatic hydroxyl groups excluding tert-OH is 3. The first-order chi connectivity index (χ1) is 11.5. The van der Waals surface area contributed by atoms with Crippen molar-refractivity contribution in [3.8, 4) is 11.9 Å². The Balaban J connectivity index is 2.26. The Hall–Kier alpha value is -2.45. The van der Waals surface area contributed by atoms with Gasteiger partial charge in [-0.1, -0.05) is 0 Å². The smallest absolute Gasteiger partial charge is 0.216 e. The van der Waals surface area contributed by atoms with Gasteiger partial charge in [0.25, 0.3) is 0 Å². The molecular weight excluding hydrogens is 318 g/mol. The van der Waals surface area contributed by atoms with Crippen LogP contribution in [0.2, 0.25) is 0 Å². The summed E-state index contributed by atoms with van der Waals surface area (Å²) in [5.41, 5.74) is 6.21. The molecule has 1 aliphatic heterocycles. The van der Waals surface area contributed by atoms with Gasteiger partial charge in [-0.05, 0) is 6.92 Å². The highest BCUT2D eigenvalue weighted by Gasteiger charge is 2.45. The van der Waals surface area contributed by atoms with Crippen LogP contribution in [0.15, 0.2) is 6.33 Å². The van der Waals surface area contributed by atoms with Crippen molar-refractivity contribution in [3.63, 3.8) is 0 Å². The van der Waals surface area contributed by atoms with Crippen molar-refractivity contribution in [2.75, 3.05) is 18.9 Å². The third-order valence-corrected chi connectivity index (χ3v) is 3.93. The standard InChI is InChI=1S/C14H17N5O5/c1-2-23-13-6(3-15)8-11(16)17-5-18-12(8)19(13)14-10(22)9(21)7(4-20)24-14/h5,7,9-10,14,20-22H,2,4H2,1H3,(H2,16,17,18)/t7-,9+,10+,14+/m0/s1. The number of fused-ring (bicyclic) bond motifs is 1. The normalized spacial score (nSPS) is 26.6. The largest absolute Gasteiger partial charge is 0.478 e. The molecule has 0 spiro atoms. The summed E-state index contributed by atoms with van der Waals surface area (Å²) in [4.78, 5) is 7.99. The number of nitrogens with zero attached hydrogens (tertiary/aromatic N) is 4. The van der Waals surface area contributed by atoms with E-state index in [0.717, 1.165) is 0 Å². The molecule has 24 heavy (non-hydrogen) atoms. The van der Waals surface area contributed by atoms with Crippen molar-refractivity contribution >= 4 is 16.9 Å². The van der Waals surface area contributed by atoms with E-state index in [4.69, 9.17) is 15.2 Å². The molecule has 128 valence electrons. The molecule has 0 amide bonds. The summed E-state index contributed by atoms with van der Waals surface area (Å²) in [5.74, 6) is 0.194. The molecule has 3 heterocycles. The molecule has 0 aromatic carbocycles. The number of rotatable bonds is 4. The van der Waals surface area contributed by atoms with Crippen LogP contribution in [0.3, 0.4) is 0 Å². The fourth-order valence-electron chi connectivity index (χ4n) is 2.85. The maximum absolute atomic E-state index is 10.3. The molecule has 0 bridgehead atoms. The molecule has 0 radical (unpaired) electrons. The van der Waals surface area contributed by atoms with E-state index in [2.05, 4.69) is 9.97 Å². The van der Waals surface area contributed by atoms with E-state index < -0.39 is 31.1 Å². The SMILES string of the molecule is CCOc1c(C#N)c2c(N)ncnc2n1[C@@H]1O[C@@H](CO)[C@@H](O)[C@H]1O. The number of anilines is 1. The lowest BCUT2D eigenvalue weighted by molar-refractivity contribution is -0.0537. The number of nitrogen functional groups attached to an aromatic ring is 1. The minimum Gasteiger partial charge on any atom is -0.478 e. The minimum absolute atomic E-state index is 0.0861. The lowest BCUT2D eigenvalue weighted by Gasteiger charge is -2.20. The van der Waals surface area contributed by atoms with Gasteiger partial charge in [0.2, 0.25) is 5.88 Å². The van der Waals surface area contributed by atoms with Gasteiger partial charge in [-0.25, -0.2) is 9.97 Å². The van der Waals surface area contributed by atoms with Gasteiger partial charge < -0.3 is 30.5 Å². The number of aromatic nitrogens is 3. The van der Waals surface area contributed by atoms with Gasteiger partial charge in [-0.3, -0.25) is 4.57 Å². The fraction of sp³-hybridized carbons (Fsp3) is 0.500. The molecule has 3 rings (SSSR count). The Bertz CT molecular complexity index is 801. The van der Waals surface area contributed by atoms with Crippen molar-refractivity contribution in [2.24, 2.45) is 0 Å². The van der Waals surface area contributed by atoms with Crippen LogP contribution in [-0.2, 0) is 4.74 Å². The summed E-state index contributed by atoms with van der Waals surface area (Å²) in [6.45, 7) is 1.50. The first-order valence-corrected chi connectivity index (χ1v) is 7.34. The van der Waals surface area contributed by atoms with Gasteiger partial charge in [0.1, 0.15) is 42.1 Å². The van der Waals surface area contributed by atoms with E-state index in [9.17, 15) is 20.6 Å². The second-order valence-electron chi connectivity index (χ2n) is 5.28. The fourth-order valence-corrected chi connectivity index (χ4v) is 2.85. The summed E-state index contributed by atoms with van der Waals surface area (Å²) < 4.78 is 12.4. The van der Waals surface area contributed by atoms with Crippen LogP contribution < -0.4 is 10.5 Å². The van der Waals surface area contributed by atoms with E-state index in [1.54, 1.807) is 6.92 Å². The zero-order valence-corrected chi connectivity index (χ0v) is 12.8. The average Bonchev–Trinajstić information content (AvgIpc) is 3.04. The van der Waals surface area contributed by atoms with Crippen LogP contribution in [0.1, 0.15) is 18.7 Å². The van der Waals surface area contributed by atoms with Crippen molar-refractivity contribution in [1.82, 2.24) is 14.5 Å². The van der Waals surface area contributed by atoms with Gasteiger partial charge in [0.15, 0.2) is 11.9 Å². The van der Waals surface area contributed by atoms with Crippen LogP contribution in [0.5, 0.6) is 5.88 Å². The van der Waals surface area contributed by atoms with Crippen molar-refractivity contribution in [3.05, 3.63) is 11.9 Å². The van der Waals surface area contributed by atoms with E-state index >= 15 is 0 Å². The third kappa shape index (κ3) is 2.26. The predicted octanol–water partition coefficient (Wildman–Crippen LogP) is -1.10. The molecule has 5 N–H and O–H groups in total. The first kappa shape index (κ1) is 16.4. The van der Waals surface area contributed by atoms with Gasteiger partial charge >= 0.3 is 0 Å². The quantitative estimate of drug-likeness (QED) is 0.543. The monoisotopic (exact) mass is 335 g/mol. The molecule has 2 aromatic rings. The highest BCUT2D eigenvalue weighted by atomic mass is 16.6. The molecule has 1 fully saturated rings. The van der Waals surface area contributed by atoms with E-state index in [1.807, 2.05) is 6.07 Å². The highest BCUT2D eigenvalue weighted by Crippen LogP contribution is 2.40. The molecule has 4 atom stereocenters. The second kappa shape index (κ2) is 6.21. The molecule has 0 aliphatic carbocycles. The van der Waals surface area contributed by atoms with Crippen LogP contribution in [0.25, 0.3) is 11.0 Å². The highest BCUT2D eigenvalue weighted by molar-refractivity contribution is 5.94. The lowest BCUT2D eigenvalue weighted by Crippen LogP contribution is -2.33. The first-order valence-electron chi connectivity index (χ1n) is 7.34. The zero-order valence-electron chi connectivity index (χ0n) is 12.8. The molecule has 10 nitrogen and oxygen atoms in total. The Labute approximate surface area is 136 Å². The van der Waals surface area contributed by atoms with Gasteiger partial charge in [-0.15, -0.1) is 0 Å². The van der Waals surface area contributed by atoms with Gasteiger partial charge in [0.05, 0.1) is 18.6 Å². The lowest BCUT2D eigenvalue weighted by atomic mass is 10.1. The summed E-state index contributed by atoms with van der Waals surface area (Å²) in [6.07, 6.45) is -3.50. The Morgan fingerprint density at radius 1 is 1.42 bits per heavy atom. The molecular formula is C14H17N5O5. The molecule has 0 unspecified atom stereocenters. The van der Waals surface area contributed by atoms with E-state index in [0.29, 0.717) is 0 Å². The van der Waals surface area contributed by atoms with E-state index in [-0.39, 0.29) is 34.9 Å². The maximum atomic E-state index is 10.3. The summed E-state index contributed by atoms with van der Waals surface area (Å²) in [7, 11) is 0. The van der Waals surface area contributed by atoms with Crippen molar-refractivity contribution < 1.29 is 24.8 Å². The Morgan fingerprint density at radius 2 is 2.17 bits per heavy atom. The maximum Gasteiger partial charge on any atom is 0.216 e. The molecule has 10 heteroatoms. The average molecular weight is 335 g/mol. The molecule has 1 aliphatic rings. The minimum atomic E-state index is -1.35. The van der Waals surface area contributed by atoms with Gasteiger partial charge in [0, 0.05) is 0 Å². The molecule has 0 saturated carbocycles.